The molecule has 2 aliphatic rings. The first-order valence-corrected chi connectivity index (χ1v) is 14.9. The molecule has 2 heterocycles. The molecule has 8 nitrogen and oxygen atoms in total. The first-order valence-electron chi connectivity index (χ1n) is 14.2. The molecule has 1 aromatic heterocycles. The van der Waals surface area contributed by atoms with E-state index in [-0.39, 0.29) is 6.04 Å². The van der Waals surface area contributed by atoms with Gasteiger partial charge < -0.3 is 16.1 Å². The summed E-state index contributed by atoms with van der Waals surface area (Å²) in [6.07, 6.45) is 6.81. The number of hydrogen-bond acceptors (Lipinski definition) is 8. The van der Waals surface area contributed by atoms with Crippen molar-refractivity contribution in [1.82, 2.24) is 21.0 Å². The lowest BCUT2D eigenvalue weighted by Gasteiger charge is -2.34. The van der Waals surface area contributed by atoms with Crippen LogP contribution in [0.4, 0.5) is 11.4 Å². The first kappa shape index (κ1) is 28.7. The number of halogens is 2. The van der Waals surface area contributed by atoms with Gasteiger partial charge in [-0.15, -0.1) is 5.53 Å². The monoisotopic (exact) mass is 606 g/mol. The molecule has 2 atom stereocenters. The Labute approximate surface area is 261 Å². The van der Waals surface area contributed by atoms with Crippen LogP contribution in [0.15, 0.2) is 84.8 Å². The van der Waals surface area contributed by atoms with Crippen molar-refractivity contribution in [3.05, 3.63) is 112 Å². The highest BCUT2D eigenvalue weighted by atomic mass is 35.5. The normalized spacial score (nSPS) is 16.4. The van der Waals surface area contributed by atoms with Gasteiger partial charge in [-0.25, -0.2) is 0 Å². The Kier molecular flexibility index (Phi) is 8.05. The predicted octanol–water partition coefficient (Wildman–Crippen LogP) is 6.10. The molecule has 1 aliphatic carbocycles. The maximum Gasteiger partial charge on any atom is 0.148 e. The minimum atomic E-state index is -0.779. The molecule has 0 spiro atoms. The summed E-state index contributed by atoms with van der Waals surface area (Å²) in [5.74, 6) is 0. The summed E-state index contributed by atoms with van der Waals surface area (Å²) in [7, 11) is 2.07. The van der Waals surface area contributed by atoms with Crippen molar-refractivity contribution in [1.29, 1.82) is 10.5 Å². The van der Waals surface area contributed by atoms with Gasteiger partial charge in [0.25, 0.3) is 0 Å². The van der Waals surface area contributed by atoms with E-state index in [1.807, 2.05) is 66.7 Å². The van der Waals surface area contributed by atoms with E-state index >= 15 is 0 Å². The van der Waals surface area contributed by atoms with Crippen LogP contribution < -0.4 is 21.6 Å². The summed E-state index contributed by atoms with van der Waals surface area (Å²) >= 11 is 13.7. The van der Waals surface area contributed by atoms with E-state index < -0.39 is 5.44 Å². The molecule has 2 unspecified atom stereocenters. The van der Waals surface area contributed by atoms with Gasteiger partial charge >= 0.3 is 0 Å². The summed E-state index contributed by atoms with van der Waals surface area (Å²) in [5.41, 5.74) is 10.9. The second kappa shape index (κ2) is 12.1. The van der Waals surface area contributed by atoms with Crippen LogP contribution >= 0.6 is 23.2 Å². The van der Waals surface area contributed by atoms with Gasteiger partial charge in [-0.3, -0.25) is 9.99 Å². The number of hydrogen-bond donors (Lipinski definition) is 4. The number of pyridine rings is 1. The van der Waals surface area contributed by atoms with E-state index in [0.717, 1.165) is 35.4 Å². The molecular formula is C32H29BCl2N8. The molecule has 1 aliphatic heterocycles. The average molecular weight is 607 g/mol. The van der Waals surface area contributed by atoms with Crippen molar-refractivity contribution in [3.63, 3.8) is 0 Å². The van der Waals surface area contributed by atoms with Crippen LogP contribution in [-0.4, -0.2) is 23.9 Å². The van der Waals surface area contributed by atoms with Gasteiger partial charge in [0, 0.05) is 41.0 Å². The zero-order valence-electron chi connectivity index (χ0n) is 23.5. The number of aromatic nitrogens is 1. The molecule has 214 valence electrons. The van der Waals surface area contributed by atoms with Crippen LogP contribution in [0.5, 0.6) is 0 Å². The molecule has 4 N–H and O–H groups in total. The van der Waals surface area contributed by atoms with Crippen molar-refractivity contribution in [3.8, 4) is 12.1 Å². The van der Waals surface area contributed by atoms with Crippen molar-refractivity contribution in [2.24, 2.45) is 0 Å². The quantitative estimate of drug-likeness (QED) is 0.160. The van der Waals surface area contributed by atoms with Crippen molar-refractivity contribution >= 4 is 53.3 Å². The fraction of sp³-hybridized carbons (Fsp3) is 0.219. The van der Waals surface area contributed by atoms with Crippen LogP contribution in [0.3, 0.4) is 0 Å². The summed E-state index contributed by atoms with van der Waals surface area (Å²) in [5, 5.41) is 30.5. The number of nitriles is 2. The number of anilines is 2. The maximum absolute atomic E-state index is 10.1. The second-order valence-corrected chi connectivity index (χ2v) is 11.8. The maximum atomic E-state index is 10.1. The lowest BCUT2D eigenvalue weighted by Crippen LogP contribution is -2.45. The van der Waals surface area contributed by atoms with Crippen molar-refractivity contribution in [2.75, 3.05) is 10.6 Å². The lowest BCUT2D eigenvalue weighted by molar-refractivity contribution is 0.260. The molecule has 6 rings (SSSR count). The summed E-state index contributed by atoms with van der Waals surface area (Å²) in [6.45, 7) is 0. The van der Waals surface area contributed by atoms with Crippen LogP contribution in [0.1, 0.15) is 48.4 Å². The standard InChI is InChI=1S/C32H29BCl2N8/c33-32(25-9-4-5-10-26(25)34,29-19-43(42-41-29)23-12-13-23)40-22-15-24-30(21(17-37)18-38-31(24)27(35)16-22)39-28(11-6-14-36)20-7-2-1-3-8-20/h1-5,7-10,15-16,18-19,23,28,40-42H,6,11-13,33H2,(H,38,39). The molecule has 43 heavy (non-hydrogen) atoms. The Morgan fingerprint density at radius 1 is 1.07 bits per heavy atom. The minimum Gasteiger partial charge on any atom is -0.378 e. The topological polar surface area (TPSA) is 112 Å². The van der Waals surface area contributed by atoms with Gasteiger partial charge in [-0.2, -0.15) is 10.5 Å². The van der Waals surface area contributed by atoms with E-state index in [1.54, 1.807) is 0 Å². The van der Waals surface area contributed by atoms with Gasteiger partial charge in [0.2, 0.25) is 0 Å². The van der Waals surface area contributed by atoms with E-state index in [4.69, 9.17) is 23.2 Å². The Bertz CT molecular complexity index is 1780. The molecule has 11 heteroatoms. The van der Waals surface area contributed by atoms with Crippen molar-refractivity contribution in [2.45, 2.75) is 43.2 Å². The number of hydrazine groups is 2. The molecule has 0 radical (unpaired) electrons. The predicted molar refractivity (Wildman–Crippen MR) is 174 cm³/mol. The van der Waals surface area contributed by atoms with Gasteiger partial charge in [-0.1, -0.05) is 71.7 Å². The summed E-state index contributed by atoms with van der Waals surface area (Å²) in [6, 6.07) is 26.2. The van der Waals surface area contributed by atoms with Gasteiger partial charge in [-0.05, 0) is 48.6 Å². The number of nitrogens with one attached hydrogen (secondary N) is 4. The van der Waals surface area contributed by atoms with E-state index in [2.05, 4.69) is 57.8 Å². The Balaban J connectivity index is 1.45. The summed E-state index contributed by atoms with van der Waals surface area (Å²) in [4.78, 5) is 4.54. The zero-order valence-corrected chi connectivity index (χ0v) is 25.0. The smallest absolute Gasteiger partial charge is 0.148 e. The molecule has 0 amide bonds. The first-order chi connectivity index (χ1) is 20.9. The van der Waals surface area contributed by atoms with Crippen LogP contribution in [0, 0.1) is 22.7 Å². The third kappa shape index (κ3) is 5.80. The summed E-state index contributed by atoms with van der Waals surface area (Å²) < 4.78 is 0. The van der Waals surface area contributed by atoms with Gasteiger partial charge in [0.15, 0.2) is 0 Å². The number of nitrogens with zero attached hydrogens (tertiary/aromatic N) is 4. The third-order valence-corrected chi connectivity index (χ3v) is 8.60. The Morgan fingerprint density at radius 2 is 1.84 bits per heavy atom. The minimum absolute atomic E-state index is 0.199. The molecule has 1 saturated carbocycles. The fourth-order valence-corrected chi connectivity index (χ4v) is 6.12. The molecular weight excluding hydrogens is 578 g/mol. The zero-order chi connectivity index (χ0) is 30.0. The van der Waals surface area contributed by atoms with Crippen LogP contribution in [-0.2, 0) is 5.44 Å². The fourth-order valence-electron chi connectivity index (χ4n) is 5.53. The molecule has 0 bridgehead atoms. The SMILES string of the molecule is BC(Nc1cc(Cl)c2ncc(C#N)c(NC(CCC#N)c3ccccc3)c2c1)(C1=CN(C2CC2)NN1)c1ccccc1Cl. The van der Waals surface area contributed by atoms with Gasteiger partial charge in [0.05, 0.1) is 45.0 Å². The van der Waals surface area contributed by atoms with Gasteiger partial charge in [0.1, 0.15) is 13.9 Å². The Morgan fingerprint density at radius 3 is 2.56 bits per heavy atom. The van der Waals surface area contributed by atoms with Crippen LogP contribution in [0.2, 0.25) is 10.0 Å². The number of fused-ring (bicyclic) bond motifs is 1. The van der Waals surface area contributed by atoms with E-state index in [0.29, 0.717) is 51.1 Å². The molecule has 1 fully saturated rings. The average Bonchev–Trinajstić information content (AvgIpc) is 3.75. The third-order valence-electron chi connectivity index (χ3n) is 7.98. The highest BCUT2D eigenvalue weighted by molar-refractivity contribution is 6.36. The largest absolute Gasteiger partial charge is 0.378 e. The van der Waals surface area contributed by atoms with E-state index in [1.165, 1.54) is 6.20 Å². The molecule has 4 aromatic rings. The lowest BCUT2D eigenvalue weighted by atomic mass is 9.69. The number of benzene rings is 3. The highest BCUT2D eigenvalue weighted by Gasteiger charge is 2.39. The second-order valence-electron chi connectivity index (χ2n) is 11.0. The molecule has 0 saturated heterocycles. The van der Waals surface area contributed by atoms with Crippen LogP contribution in [0.25, 0.3) is 10.9 Å². The Hall–Kier alpha value is -4.41. The van der Waals surface area contributed by atoms with E-state index in [9.17, 15) is 10.5 Å². The highest BCUT2D eigenvalue weighted by Crippen LogP contribution is 2.40. The molecule has 3 aromatic carbocycles. The number of rotatable bonds is 10. The van der Waals surface area contributed by atoms with Crippen molar-refractivity contribution < 1.29 is 0 Å².